The van der Waals surface area contributed by atoms with Crippen molar-refractivity contribution in [3.8, 4) is 0 Å². The Labute approximate surface area is 185 Å². The minimum Gasteiger partial charge on any atom is -0.465 e. The van der Waals surface area contributed by atoms with Crippen molar-refractivity contribution in [1.82, 2.24) is 5.32 Å². The van der Waals surface area contributed by atoms with Crippen LogP contribution in [-0.2, 0) is 16.0 Å². The summed E-state index contributed by atoms with van der Waals surface area (Å²) in [5.41, 5.74) is 7.71. The Morgan fingerprint density at radius 2 is 1.41 bits per heavy atom. The maximum atomic E-state index is 12.6. The van der Waals surface area contributed by atoms with Crippen LogP contribution in [0.25, 0.3) is 0 Å². The summed E-state index contributed by atoms with van der Waals surface area (Å²) in [6.45, 7) is 0. The molecule has 0 aliphatic rings. The molecule has 1 atom stereocenters. The van der Waals surface area contributed by atoms with Crippen LogP contribution in [0, 0.1) is 0 Å². The third-order valence-electron chi connectivity index (χ3n) is 4.89. The van der Waals surface area contributed by atoms with Crippen molar-refractivity contribution in [1.29, 1.82) is 0 Å². The second kappa shape index (κ2) is 10.2. The van der Waals surface area contributed by atoms with Crippen LogP contribution in [0.15, 0.2) is 78.9 Å². The average molecular weight is 430 g/mol. The molecule has 2 amide bonds. The molecular formula is C25H22N2O5. The fraction of sp³-hybridized carbons (Fsp3) is 0.120. The van der Waals surface area contributed by atoms with Gasteiger partial charge in [0.2, 0.25) is 5.91 Å². The number of methoxy groups -OCH3 is 1. The zero-order valence-electron chi connectivity index (χ0n) is 17.4. The van der Waals surface area contributed by atoms with Crippen LogP contribution in [0.5, 0.6) is 0 Å². The molecule has 3 N–H and O–H groups in total. The zero-order chi connectivity index (χ0) is 23.1. The van der Waals surface area contributed by atoms with Crippen molar-refractivity contribution in [3.63, 3.8) is 0 Å². The van der Waals surface area contributed by atoms with Gasteiger partial charge in [0, 0.05) is 23.1 Å². The van der Waals surface area contributed by atoms with Gasteiger partial charge in [-0.05, 0) is 23.8 Å². The van der Waals surface area contributed by atoms with Gasteiger partial charge in [0.1, 0.15) is 6.04 Å². The molecule has 0 unspecified atom stereocenters. The van der Waals surface area contributed by atoms with E-state index in [0.717, 1.165) is 5.56 Å². The van der Waals surface area contributed by atoms with Crippen molar-refractivity contribution in [2.75, 3.05) is 7.11 Å². The van der Waals surface area contributed by atoms with Crippen molar-refractivity contribution in [2.24, 2.45) is 5.73 Å². The van der Waals surface area contributed by atoms with Gasteiger partial charge in [-0.3, -0.25) is 14.4 Å². The quantitative estimate of drug-likeness (QED) is 0.421. The van der Waals surface area contributed by atoms with Gasteiger partial charge < -0.3 is 15.8 Å². The van der Waals surface area contributed by atoms with Crippen molar-refractivity contribution < 1.29 is 23.9 Å². The Morgan fingerprint density at radius 3 is 2.03 bits per heavy atom. The number of primary amides is 1. The van der Waals surface area contributed by atoms with E-state index >= 15 is 0 Å². The van der Waals surface area contributed by atoms with Crippen LogP contribution in [0.3, 0.4) is 0 Å². The lowest BCUT2D eigenvalue weighted by molar-refractivity contribution is -0.119. The fourth-order valence-electron chi connectivity index (χ4n) is 3.15. The highest BCUT2D eigenvalue weighted by molar-refractivity contribution is 6.09. The molecule has 7 nitrogen and oxygen atoms in total. The zero-order valence-corrected chi connectivity index (χ0v) is 17.4. The van der Waals surface area contributed by atoms with Crippen LogP contribution < -0.4 is 11.1 Å². The summed E-state index contributed by atoms with van der Waals surface area (Å²) in [5.74, 6) is -1.93. The summed E-state index contributed by atoms with van der Waals surface area (Å²) < 4.78 is 4.66. The van der Waals surface area contributed by atoms with E-state index in [-0.39, 0.29) is 23.3 Å². The van der Waals surface area contributed by atoms with Crippen LogP contribution >= 0.6 is 0 Å². The predicted molar refractivity (Wildman–Crippen MR) is 118 cm³/mol. The standard InChI is InChI=1S/C25H22N2O5/c1-32-25(31)20-9-5-8-19(15-20)24(30)27-21(23(26)29)14-16-10-12-18(13-11-16)22(28)17-6-3-2-4-7-17/h2-13,15,21H,14H2,1H3,(H2,26,29)(H,27,30)/t21-/m0/s1. The second-order valence-corrected chi connectivity index (χ2v) is 7.10. The third-order valence-corrected chi connectivity index (χ3v) is 4.89. The Bertz CT molecular complexity index is 1140. The van der Waals surface area contributed by atoms with Gasteiger partial charge in [-0.2, -0.15) is 0 Å². The number of ether oxygens (including phenoxy) is 1. The maximum absolute atomic E-state index is 12.6. The Hall–Kier alpha value is -4.26. The van der Waals surface area contributed by atoms with E-state index in [4.69, 9.17) is 5.73 Å². The van der Waals surface area contributed by atoms with E-state index in [1.165, 1.54) is 25.3 Å². The number of esters is 1. The van der Waals surface area contributed by atoms with Gasteiger partial charge in [0.25, 0.3) is 5.91 Å². The van der Waals surface area contributed by atoms with Gasteiger partial charge in [-0.15, -0.1) is 0 Å². The highest BCUT2D eigenvalue weighted by Crippen LogP contribution is 2.13. The average Bonchev–Trinajstić information content (AvgIpc) is 2.83. The van der Waals surface area contributed by atoms with E-state index in [9.17, 15) is 19.2 Å². The Balaban J connectivity index is 1.70. The van der Waals surface area contributed by atoms with Crippen LogP contribution in [0.2, 0.25) is 0 Å². The molecule has 32 heavy (non-hydrogen) atoms. The summed E-state index contributed by atoms with van der Waals surface area (Å²) in [4.78, 5) is 48.7. The number of rotatable bonds is 8. The Morgan fingerprint density at radius 1 is 0.812 bits per heavy atom. The Kier molecular flexibility index (Phi) is 7.13. The molecule has 0 aliphatic carbocycles. The molecule has 0 fully saturated rings. The van der Waals surface area contributed by atoms with Gasteiger partial charge in [0.05, 0.1) is 12.7 Å². The highest BCUT2D eigenvalue weighted by atomic mass is 16.5. The number of amides is 2. The monoisotopic (exact) mass is 430 g/mol. The van der Waals surface area contributed by atoms with E-state index in [0.29, 0.717) is 11.1 Å². The number of hydrogen-bond donors (Lipinski definition) is 2. The molecule has 0 bridgehead atoms. The highest BCUT2D eigenvalue weighted by Gasteiger charge is 2.20. The molecule has 0 aliphatic heterocycles. The van der Waals surface area contributed by atoms with Gasteiger partial charge in [-0.1, -0.05) is 60.7 Å². The topological polar surface area (TPSA) is 116 Å². The first-order chi connectivity index (χ1) is 15.4. The van der Waals surface area contributed by atoms with E-state index in [2.05, 4.69) is 10.1 Å². The maximum Gasteiger partial charge on any atom is 0.337 e. The molecule has 162 valence electrons. The van der Waals surface area contributed by atoms with Crippen molar-refractivity contribution >= 4 is 23.6 Å². The lowest BCUT2D eigenvalue weighted by atomic mass is 9.99. The van der Waals surface area contributed by atoms with E-state index in [1.54, 1.807) is 54.6 Å². The summed E-state index contributed by atoms with van der Waals surface area (Å²) >= 11 is 0. The minimum absolute atomic E-state index is 0.109. The summed E-state index contributed by atoms with van der Waals surface area (Å²) in [7, 11) is 1.25. The number of hydrogen-bond acceptors (Lipinski definition) is 5. The number of nitrogens with one attached hydrogen (secondary N) is 1. The van der Waals surface area contributed by atoms with Gasteiger partial charge in [0.15, 0.2) is 5.78 Å². The van der Waals surface area contributed by atoms with Crippen LogP contribution in [0.1, 0.15) is 42.2 Å². The first kappa shape index (κ1) is 22.4. The molecule has 3 rings (SSSR count). The summed E-state index contributed by atoms with van der Waals surface area (Å²) in [5, 5.41) is 2.60. The minimum atomic E-state index is -0.972. The second-order valence-electron chi connectivity index (χ2n) is 7.10. The smallest absolute Gasteiger partial charge is 0.337 e. The largest absolute Gasteiger partial charge is 0.465 e. The normalized spacial score (nSPS) is 11.3. The molecule has 0 saturated carbocycles. The van der Waals surface area contributed by atoms with Crippen LogP contribution in [0.4, 0.5) is 0 Å². The number of benzene rings is 3. The van der Waals surface area contributed by atoms with Crippen molar-refractivity contribution in [2.45, 2.75) is 12.5 Å². The molecule has 0 saturated heterocycles. The molecule has 0 heterocycles. The third kappa shape index (κ3) is 5.46. The predicted octanol–water partition coefficient (Wildman–Crippen LogP) is 2.53. The molecule has 0 radical (unpaired) electrons. The number of carbonyl (C=O) groups is 4. The lowest BCUT2D eigenvalue weighted by Crippen LogP contribution is -2.45. The van der Waals surface area contributed by atoms with E-state index < -0.39 is 23.8 Å². The number of carbonyl (C=O) groups excluding carboxylic acids is 4. The molecule has 0 aromatic heterocycles. The molecule has 3 aromatic carbocycles. The summed E-state index contributed by atoms with van der Waals surface area (Å²) in [6.07, 6.45) is 0.150. The first-order valence-corrected chi connectivity index (χ1v) is 9.86. The lowest BCUT2D eigenvalue weighted by Gasteiger charge is -2.16. The van der Waals surface area contributed by atoms with Gasteiger partial charge in [-0.25, -0.2) is 4.79 Å². The molecular weight excluding hydrogens is 408 g/mol. The molecule has 3 aromatic rings. The van der Waals surface area contributed by atoms with E-state index in [1.807, 2.05) is 6.07 Å². The molecule has 7 heteroatoms. The summed E-state index contributed by atoms with van der Waals surface area (Å²) in [6, 6.07) is 20.7. The fourth-order valence-corrected chi connectivity index (χ4v) is 3.15. The van der Waals surface area contributed by atoms with Crippen LogP contribution in [-0.4, -0.2) is 36.7 Å². The molecule has 0 spiro atoms. The SMILES string of the molecule is COC(=O)c1cccc(C(=O)N[C@@H](Cc2ccc(C(=O)c3ccccc3)cc2)C(N)=O)c1. The number of nitrogens with two attached hydrogens (primary N) is 1. The first-order valence-electron chi connectivity index (χ1n) is 9.86. The van der Waals surface area contributed by atoms with Gasteiger partial charge >= 0.3 is 5.97 Å². The number of ketones is 1. The van der Waals surface area contributed by atoms with Crippen molar-refractivity contribution in [3.05, 3.63) is 107 Å².